The molecule has 4 nitrogen and oxygen atoms in total. The van der Waals surface area contributed by atoms with Crippen molar-refractivity contribution in [2.75, 3.05) is 0 Å². The Bertz CT molecular complexity index is 1160. The van der Waals surface area contributed by atoms with Crippen LogP contribution in [0.5, 0.6) is 0 Å². The standard InChI is InChI=1S/C22H14ClF3N2O2/c1-22(29,12-3-2-8-27-11-12)19-20(15-6-4-13(23)9-17(15)25)28-30-21(19)16-7-5-14(24)10-18(16)26/h2-11,29H,1H3. The van der Waals surface area contributed by atoms with Crippen LogP contribution in [0.15, 0.2) is 65.4 Å². The van der Waals surface area contributed by atoms with E-state index >= 15 is 0 Å². The van der Waals surface area contributed by atoms with Crippen LogP contribution in [-0.4, -0.2) is 15.2 Å². The van der Waals surface area contributed by atoms with E-state index in [2.05, 4.69) is 10.1 Å². The summed E-state index contributed by atoms with van der Waals surface area (Å²) < 4.78 is 48.0. The average molecular weight is 431 g/mol. The van der Waals surface area contributed by atoms with Gasteiger partial charge in [0.15, 0.2) is 5.76 Å². The lowest BCUT2D eigenvalue weighted by Gasteiger charge is -2.24. The zero-order valence-corrected chi connectivity index (χ0v) is 16.3. The molecule has 0 radical (unpaired) electrons. The first-order valence-electron chi connectivity index (χ1n) is 8.83. The second-order valence-corrected chi connectivity index (χ2v) is 7.23. The second-order valence-electron chi connectivity index (χ2n) is 6.80. The molecule has 0 aliphatic rings. The first-order valence-corrected chi connectivity index (χ1v) is 9.20. The molecule has 0 aliphatic carbocycles. The predicted molar refractivity (Wildman–Crippen MR) is 105 cm³/mol. The first kappa shape index (κ1) is 20.1. The number of rotatable bonds is 4. The summed E-state index contributed by atoms with van der Waals surface area (Å²) in [6.07, 6.45) is 2.94. The highest BCUT2D eigenvalue weighted by molar-refractivity contribution is 6.30. The summed E-state index contributed by atoms with van der Waals surface area (Å²) in [6.45, 7) is 1.43. The van der Waals surface area contributed by atoms with E-state index in [0.29, 0.717) is 11.6 Å². The molecule has 1 atom stereocenters. The van der Waals surface area contributed by atoms with E-state index in [9.17, 15) is 18.3 Å². The Kier molecular flexibility index (Phi) is 5.09. The SMILES string of the molecule is CC(O)(c1cccnc1)c1c(-c2ccc(Cl)cc2F)noc1-c1ccc(F)cc1F. The highest BCUT2D eigenvalue weighted by atomic mass is 35.5. The van der Waals surface area contributed by atoms with Gasteiger partial charge in [-0.15, -0.1) is 0 Å². The Balaban J connectivity index is 2.02. The fourth-order valence-corrected chi connectivity index (χ4v) is 3.42. The van der Waals surface area contributed by atoms with Crippen LogP contribution in [0.3, 0.4) is 0 Å². The van der Waals surface area contributed by atoms with E-state index in [4.69, 9.17) is 16.1 Å². The monoisotopic (exact) mass is 430 g/mol. The molecule has 0 bridgehead atoms. The van der Waals surface area contributed by atoms with Gasteiger partial charge in [-0.3, -0.25) is 4.98 Å². The van der Waals surface area contributed by atoms with Gasteiger partial charge in [0.2, 0.25) is 0 Å². The minimum absolute atomic E-state index is 0.00207. The van der Waals surface area contributed by atoms with Crippen molar-refractivity contribution in [1.29, 1.82) is 0 Å². The van der Waals surface area contributed by atoms with Gasteiger partial charge in [-0.1, -0.05) is 22.8 Å². The smallest absolute Gasteiger partial charge is 0.176 e. The third kappa shape index (κ3) is 3.46. The lowest BCUT2D eigenvalue weighted by Crippen LogP contribution is -2.24. The van der Waals surface area contributed by atoms with Gasteiger partial charge >= 0.3 is 0 Å². The molecule has 152 valence electrons. The largest absolute Gasteiger partial charge is 0.380 e. The maximum atomic E-state index is 14.7. The molecule has 1 unspecified atom stereocenters. The number of aliphatic hydroxyl groups is 1. The zero-order valence-electron chi connectivity index (χ0n) is 15.5. The number of hydrogen-bond donors (Lipinski definition) is 1. The van der Waals surface area contributed by atoms with Crippen molar-refractivity contribution in [3.05, 3.63) is 94.5 Å². The van der Waals surface area contributed by atoms with Gasteiger partial charge in [0.1, 0.15) is 28.7 Å². The summed E-state index contributed by atoms with van der Waals surface area (Å²) in [4.78, 5) is 4.00. The molecule has 0 spiro atoms. The van der Waals surface area contributed by atoms with Crippen molar-refractivity contribution in [3.8, 4) is 22.6 Å². The third-order valence-electron chi connectivity index (χ3n) is 4.76. The molecule has 2 aromatic carbocycles. The Hall–Kier alpha value is -3.16. The molecule has 0 fully saturated rings. The van der Waals surface area contributed by atoms with Crippen molar-refractivity contribution >= 4 is 11.6 Å². The van der Waals surface area contributed by atoms with E-state index in [1.54, 1.807) is 12.1 Å². The van der Waals surface area contributed by atoms with E-state index in [1.165, 1.54) is 31.5 Å². The van der Waals surface area contributed by atoms with Gasteiger partial charge < -0.3 is 9.63 Å². The van der Waals surface area contributed by atoms with Crippen molar-refractivity contribution < 1.29 is 22.8 Å². The van der Waals surface area contributed by atoms with Crippen LogP contribution >= 0.6 is 11.6 Å². The Labute approximate surface area is 174 Å². The molecule has 4 aromatic rings. The van der Waals surface area contributed by atoms with Crippen molar-refractivity contribution in [3.63, 3.8) is 0 Å². The minimum atomic E-state index is -1.80. The van der Waals surface area contributed by atoms with E-state index in [0.717, 1.165) is 18.2 Å². The Morgan fingerprint density at radius 1 is 1.00 bits per heavy atom. The first-order chi connectivity index (χ1) is 14.3. The van der Waals surface area contributed by atoms with E-state index in [1.807, 2.05) is 0 Å². The van der Waals surface area contributed by atoms with Gasteiger partial charge in [0, 0.05) is 34.6 Å². The number of pyridine rings is 1. The fourth-order valence-electron chi connectivity index (χ4n) is 3.26. The van der Waals surface area contributed by atoms with Crippen LogP contribution in [0, 0.1) is 17.5 Å². The molecule has 2 aromatic heterocycles. The molecule has 2 heterocycles. The average Bonchev–Trinajstić information content (AvgIpc) is 3.14. The normalized spacial score (nSPS) is 13.3. The molecule has 1 N–H and O–H groups in total. The molecule has 0 saturated carbocycles. The minimum Gasteiger partial charge on any atom is -0.380 e. The van der Waals surface area contributed by atoms with Gasteiger partial charge in [-0.05, 0) is 43.3 Å². The molecular formula is C22H14ClF3N2O2. The van der Waals surface area contributed by atoms with E-state index in [-0.39, 0.29) is 33.2 Å². The van der Waals surface area contributed by atoms with Crippen molar-refractivity contribution in [2.45, 2.75) is 12.5 Å². The van der Waals surface area contributed by atoms with Crippen LogP contribution in [0.2, 0.25) is 5.02 Å². The van der Waals surface area contributed by atoms with Crippen LogP contribution in [-0.2, 0) is 5.60 Å². The molecule has 0 aliphatic heterocycles. The summed E-state index contributed by atoms with van der Waals surface area (Å²) >= 11 is 5.84. The quantitative estimate of drug-likeness (QED) is 0.449. The number of nitrogens with zero attached hydrogens (tertiary/aromatic N) is 2. The zero-order chi connectivity index (χ0) is 21.5. The highest BCUT2D eigenvalue weighted by Crippen LogP contribution is 2.43. The number of halogens is 4. The Morgan fingerprint density at radius 3 is 2.40 bits per heavy atom. The van der Waals surface area contributed by atoms with Crippen molar-refractivity contribution in [2.24, 2.45) is 0 Å². The van der Waals surface area contributed by atoms with Crippen LogP contribution < -0.4 is 0 Å². The summed E-state index contributed by atoms with van der Waals surface area (Å²) in [6, 6.07) is 10.0. The molecule has 0 amide bonds. The highest BCUT2D eigenvalue weighted by Gasteiger charge is 2.37. The lowest BCUT2D eigenvalue weighted by atomic mass is 9.84. The van der Waals surface area contributed by atoms with E-state index < -0.39 is 23.1 Å². The maximum Gasteiger partial charge on any atom is 0.176 e. The number of aromatic nitrogens is 2. The Morgan fingerprint density at radius 2 is 1.73 bits per heavy atom. The predicted octanol–water partition coefficient (Wildman–Crippen LogP) is 5.73. The molecule has 8 heteroatoms. The summed E-state index contributed by atoms with van der Waals surface area (Å²) in [5.74, 6) is -2.56. The van der Waals surface area contributed by atoms with Gasteiger partial charge in [0.05, 0.1) is 11.1 Å². The van der Waals surface area contributed by atoms with Gasteiger partial charge in [0.25, 0.3) is 0 Å². The van der Waals surface area contributed by atoms with Crippen LogP contribution in [0.25, 0.3) is 22.6 Å². The molecule has 30 heavy (non-hydrogen) atoms. The summed E-state index contributed by atoms with van der Waals surface area (Å²) in [7, 11) is 0. The topological polar surface area (TPSA) is 59.2 Å². The number of hydrogen-bond acceptors (Lipinski definition) is 4. The van der Waals surface area contributed by atoms with Crippen LogP contribution in [0.4, 0.5) is 13.2 Å². The lowest BCUT2D eigenvalue weighted by molar-refractivity contribution is 0.102. The third-order valence-corrected chi connectivity index (χ3v) is 5.00. The summed E-state index contributed by atoms with van der Waals surface area (Å²) in [5, 5.41) is 15.5. The number of benzene rings is 2. The maximum absolute atomic E-state index is 14.7. The van der Waals surface area contributed by atoms with Gasteiger partial charge in [-0.25, -0.2) is 13.2 Å². The van der Waals surface area contributed by atoms with Crippen molar-refractivity contribution in [1.82, 2.24) is 10.1 Å². The second kappa shape index (κ2) is 7.59. The fraction of sp³-hybridized carbons (Fsp3) is 0.0909. The van der Waals surface area contributed by atoms with Gasteiger partial charge in [-0.2, -0.15) is 0 Å². The van der Waals surface area contributed by atoms with Crippen LogP contribution in [0.1, 0.15) is 18.1 Å². The summed E-state index contributed by atoms with van der Waals surface area (Å²) in [5.41, 5.74) is -1.64. The molecule has 0 saturated heterocycles. The molecular weight excluding hydrogens is 417 g/mol. The molecule has 4 rings (SSSR count).